The summed E-state index contributed by atoms with van der Waals surface area (Å²) in [4.78, 5) is 23.3. The fourth-order valence-electron chi connectivity index (χ4n) is 2.07. The Bertz CT molecular complexity index is 729. The van der Waals surface area contributed by atoms with Gasteiger partial charge in [-0.3, -0.25) is 9.59 Å². The van der Waals surface area contributed by atoms with E-state index in [1.165, 1.54) is 13.8 Å². The van der Waals surface area contributed by atoms with Crippen molar-refractivity contribution in [1.82, 2.24) is 0 Å². The molecule has 0 unspecified atom stereocenters. The number of hydrogen-bond acceptors (Lipinski definition) is 3. The summed E-state index contributed by atoms with van der Waals surface area (Å²) in [5, 5.41) is 11.3. The van der Waals surface area contributed by atoms with E-state index < -0.39 is 23.0 Å². The Morgan fingerprint density at radius 2 is 1.55 bits per heavy atom. The van der Waals surface area contributed by atoms with Gasteiger partial charge in [-0.05, 0) is 50.1 Å². The summed E-state index contributed by atoms with van der Waals surface area (Å²) < 4.78 is 5.48. The highest BCUT2D eigenvalue weighted by Gasteiger charge is 2.41. The normalized spacial score (nSPS) is 12.2. The highest BCUT2D eigenvalue weighted by Crippen LogP contribution is 2.31. The van der Waals surface area contributed by atoms with Crippen LogP contribution in [0.1, 0.15) is 33.3 Å². The Labute approximate surface area is 129 Å². The van der Waals surface area contributed by atoms with E-state index in [9.17, 15) is 9.59 Å². The number of ether oxygens (including phenoxy) is 1. The monoisotopic (exact) mass is 300 g/mol. The van der Waals surface area contributed by atoms with Crippen LogP contribution in [-0.2, 0) is 19.9 Å². The Morgan fingerprint density at radius 1 is 0.955 bits per heavy atom. The molecule has 2 aromatic rings. The first-order chi connectivity index (χ1) is 10.1. The zero-order chi connectivity index (χ0) is 16.5. The highest BCUT2D eigenvalue weighted by atomic mass is 16.6. The summed E-state index contributed by atoms with van der Waals surface area (Å²) >= 11 is 0. The molecule has 0 aliphatic rings. The third-order valence-corrected chi connectivity index (χ3v) is 3.84. The van der Waals surface area contributed by atoms with Crippen molar-refractivity contribution < 1.29 is 19.4 Å². The number of carboxylic acid groups (broad SMARTS) is 1. The van der Waals surface area contributed by atoms with Gasteiger partial charge in [0.25, 0.3) is 0 Å². The molecule has 0 fully saturated rings. The predicted octanol–water partition coefficient (Wildman–Crippen LogP) is 3.73. The van der Waals surface area contributed by atoms with E-state index in [4.69, 9.17) is 9.84 Å². The van der Waals surface area contributed by atoms with Crippen LogP contribution < -0.4 is 0 Å². The number of aliphatic carboxylic acids is 1. The molecule has 4 heteroatoms. The van der Waals surface area contributed by atoms with Crippen molar-refractivity contribution in [3.05, 3.63) is 48.0 Å². The lowest BCUT2D eigenvalue weighted by Crippen LogP contribution is -2.39. The van der Waals surface area contributed by atoms with Crippen molar-refractivity contribution >= 4 is 22.7 Å². The standard InChI is InChI=1S/C18H20O4/c1-17(2,15(19)20)16(21)22-18(3,4)14-10-9-12-7-5-6-8-13(12)11-14/h5-11H,1-4H3,(H,19,20). The molecule has 116 valence electrons. The first kappa shape index (κ1) is 16.0. The summed E-state index contributed by atoms with van der Waals surface area (Å²) in [5.41, 5.74) is -1.66. The zero-order valence-corrected chi connectivity index (χ0v) is 13.2. The van der Waals surface area contributed by atoms with Crippen molar-refractivity contribution in [2.45, 2.75) is 33.3 Å². The van der Waals surface area contributed by atoms with Gasteiger partial charge in [0, 0.05) is 0 Å². The van der Waals surface area contributed by atoms with Crippen LogP contribution in [0.2, 0.25) is 0 Å². The Balaban J connectivity index is 2.32. The summed E-state index contributed by atoms with van der Waals surface area (Å²) in [6.45, 7) is 6.20. The smallest absolute Gasteiger partial charge is 0.323 e. The molecule has 0 saturated carbocycles. The summed E-state index contributed by atoms with van der Waals surface area (Å²) in [7, 11) is 0. The largest absolute Gasteiger partial charge is 0.480 e. The fraction of sp³-hybridized carbons (Fsp3) is 0.333. The molecule has 0 saturated heterocycles. The van der Waals surface area contributed by atoms with Gasteiger partial charge in [0.05, 0.1) is 0 Å². The molecule has 0 aromatic heterocycles. The molecular formula is C18H20O4. The molecule has 0 aliphatic carbocycles. The summed E-state index contributed by atoms with van der Waals surface area (Å²) in [6.07, 6.45) is 0. The molecule has 2 aromatic carbocycles. The molecule has 0 aliphatic heterocycles. The topological polar surface area (TPSA) is 63.6 Å². The highest BCUT2D eigenvalue weighted by molar-refractivity contribution is 5.98. The van der Waals surface area contributed by atoms with Crippen LogP contribution >= 0.6 is 0 Å². The molecule has 22 heavy (non-hydrogen) atoms. The minimum Gasteiger partial charge on any atom is -0.480 e. The van der Waals surface area contributed by atoms with Crippen molar-refractivity contribution in [2.75, 3.05) is 0 Å². The van der Waals surface area contributed by atoms with E-state index in [2.05, 4.69) is 0 Å². The molecule has 4 nitrogen and oxygen atoms in total. The molecule has 0 spiro atoms. The SMILES string of the molecule is CC(C)(C(=O)O)C(=O)OC(C)(C)c1ccc2ccccc2c1. The third kappa shape index (κ3) is 2.96. The number of carboxylic acids is 1. The Morgan fingerprint density at radius 3 is 2.14 bits per heavy atom. The lowest BCUT2D eigenvalue weighted by Gasteiger charge is -2.29. The number of esters is 1. The molecule has 0 heterocycles. The third-order valence-electron chi connectivity index (χ3n) is 3.84. The molecule has 0 amide bonds. The first-order valence-corrected chi connectivity index (χ1v) is 7.11. The fourth-order valence-corrected chi connectivity index (χ4v) is 2.07. The van der Waals surface area contributed by atoms with Gasteiger partial charge in [-0.2, -0.15) is 0 Å². The van der Waals surface area contributed by atoms with E-state index in [1.54, 1.807) is 13.8 Å². The van der Waals surface area contributed by atoms with Crippen LogP contribution in [0, 0.1) is 5.41 Å². The summed E-state index contributed by atoms with van der Waals surface area (Å²) in [6, 6.07) is 13.7. The van der Waals surface area contributed by atoms with Crippen molar-refractivity contribution in [2.24, 2.45) is 5.41 Å². The molecular weight excluding hydrogens is 280 g/mol. The van der Waals surface area contributed by atoms with E-state index in [-0.39, 0.29) is 0 Å². The molecule has 0 radical (unpaired) electrons. The number of benzene rings is 2. The van der Waals surface area contributed by atoms with Crippen molar-refractivity contribution in [1.29, 1.82) is 0 Å². The zero-order valence-electron chi connectivity index (χ0n) is 13.2. The number of fused-ring (bicyclic) bond motifs is 1. The van der Waals surface area contributed by atoms with Gasteiger partial charge in [0.2, 0.25) is 0 Å². The maximum Gasteiger partial charge on any atom is 0.323 e. The molecule has 0 atom stereocenters. The Kier molecular flexibility index (Phi) is 3.96. The van der Waals surface area contributed by atoms with E-state index in [0.29, 0.717) is 0 Å². The quantitative estimate of drug-likeness (QED) is 0.690. The average Bonchev–Trinajstić information content (AvgIpc) is 2.46. The maximum atomic E-state index is 12.2. The number of carbonyl (C=O) groups is 2. The second-order valence-corrected chi connectivity index (χ2v) is 6.39. The van der Waals surface area contributed by atoms with Gasteiger partial charge in [-0.25, -0.2) is 0 Å². The maximum absolute atomic E-state index is 12.2. The number of hydrogen-bond donors (Lipinski definition) is 1. The average molecular weight is 300 g/mol. The van der Waals surface area contributed by atoms with Crippen molar-refractivity contribution in [3.63, 3.8) is 0 Å². The van der Waals surface area contributed by atoms with Gasteiger partial charge >= 0.3 is 11.9 Å². The molecule has 0 bridgehead atoms. The predicted molar refractivity (Wildman–Crippen MR) is 84.5 cm³/mol. The Hall–Kier alpha value is -2.36. The molecule has 1 N–H and O–H groups in total. The van der Waals surface area contributed by atoms with Crippen LogP contribution in [0.5, 0.6) is 0 Å². The minimum absolute atomic E-state index is 0.752. The van der Waals surface area contributed by atoms with Crippen LogP contribution in [0.15, 0.2) is 42.5 Å². The van der Waals surface area contributed by atoms with Gasteiger partial charge in [0.1, 0.15) is 5.60 Å². The van der Waals surface area contributed by atoms with Crippen molar-refractivity contribution in [3.8, 4) is 0 Å². The van der Waals surface area contributed by atoms with Gasteiger partial charge in [-0.1, -0.05) is 36.4 Å². The molecule has 2 rings (SSSR count). The first-order valence-electron chi connectivity index (χ1n) is 7.11. The minimum atomic E-state index is -1.58. The van der Waals surface area contributed by atoms with Gasteiger partial charge in [-0.15, -0.1) is 0 Å². The lowest BCUT2D eigenvalue weighted by molar-refractivity contribution is -0.176. The van der Waals surface area contributed by atoms with Crippen LogP contribution in [-0.4, -0.2) is 17.0 Å². The summed E-state index contributed by atoms with van der Waals surface area (Å²) in [5.74, 6) is -1.95. The van der Waals surface area contributed by atoms with E-state index in [1.807, 2.05) is 42.5 Å². The van der Waals surface area contributed by atoms with E-state index in [0.717, 1.165) is 16.3 Å². The van der Waals surface area contributed by atoms with Gasteiger partial charge < -0.3 is 9.84 Å². The van der Waals surface area contributed by atoms with Crippen LogP contribution in [0.3, 0.4) is 0 Å². The number of rotatable bonds is 4. The second kappa shape index (κ2) is 5.44. The van der Waals surface area contributed by atoms with Crippen LogP contribution in [0.25, 0.3) is 10.8 Å². The number of carbonyl (C=O) groups excluding carboxylic acids is 1. The lowest BCUT2D eigenvalue weighted by atomic mass is 9.91. The van der Waals surface area contributed by atoms with E-state index >= 15 is 0 Å². The second-order valence-electron chi connectivity index (χ2n) is 6.39. The van der Waals surface area contributed by atoms with Gasteiger partial charge in [0.15, 0.2) is 5.41 Å². The van der Waals surface area contributed by atoms with Crippen LogP contribution in [0.4, 0.5) is 0 Å².